The number of hydrogen-bond acceptors (Lipinski definition) is 6. The Kier molecular flexibility index (Phi) is 6.61. The predicted octanol–water partition coefficient (Wildman–Crippen LogP) is 2.75. The lowest BCUT2D eigenvalue weighted by Gasteiger charge is -2.15. The second kappa shape index (κ2) is 9.63. The van der Waals surface area contributed by atoms with E-state index < -0.39 is 39.4 Å². The summed E-state index contributed by atoms with van der Waals surface area (Å²) in [6.45, 7) is 3.13. The molecule has 0 radical (unpaired) electrons. The highest BCUT2D eigenvalue weighted by molar-refractivity contribution is 7.90. The summed E-state index contributed by atoms with van der Waals surface area (Å²) in [5.74, 6) is -2.53. The molecular weight excluding hydrogens is 473 g/mol. The number of aryl methyl sites for hydroxylation is 1. The molecule has 1 atom stereocenters. The van der Waals surface area contributed by atoms with Gasteiger partial charge in [0.15, 0.2) is 5.69 Å². The number of para-hydroxylation sites is 1. The number of rotatable bonds is 7. The van der Waals surface area contributed by atoms with Crippen LogP contribution in [-0.4, -0.2) is 46.8 Å². The molecule has 35 heavy (non-hydrogen) atoms. The summed E-state index contributed by atoms with van der Waals surface area (Å²) in [7, 11) is -4.13. The number of halogens is 1. The van der Waals surface area contributed by atoms with Gasteiger partial charge in [-0.2, -0.15) is 5.10 Å². The smallest absolute Gasteiger partial charge is 0.285 e. The number of hydrogen-bond donors (Lipinski definition) is 2. The van der Waals surface area contributed by atoms with Gasteiger partial charge in [0.1, 0.15) is 11.5 Å². The third-order valence-electron chi connectivity index (χ3n) is 5.21. The van der Waals surface area contributed by atoms with Crippen molar-refractivity contribution in [2.45, 2.75) is 19.9 Å². The van der Waals surface area contributed by atoms with E-state index in [1.165, 1.54) is 42.1 Å². The van der Waals surface area contributed by atoms with Crippen molar-refractivity contribution >= 4 is 32.6 Å². The Morgan fingerprint density at radius 1 is 1.06 bits per heavy atom. The molecule has 0 unspecified atom stereocenters. The topological polar surface area (TPSA) is 123 Å². The Balaban J connectivity index is 1.43. The van der Waals surface area contributed by atoms with E-state index in [1.807, 2.05) is 16.9 Å². The number of carbonyl (C=O) groups is 2. The maximum Gasteiger partial charge on any atom is 0.285 e. The van der Waals surface area contributed by atoms with Gasteiger partial charge in [0.25, 0.3) is 11.8 Å². The van der Waals surface area contributed by atoms with Gasteiger partial charge in [-0.1, -0.05) is 36.4 Å². The molecule has 2 N–H and O–H groups in total. The zero-order chi connectivity index (χ0) is 25.2. The first-order valence-corrected chi connectivity index (χ1v) is 12.3. The van der Waals surface area contributed by atoms with E-state index in [4.69, 9.17) is 0 Å². The van der Waals surface area contributed by atoms with E-state index in [-0.39, 0.29) is 11.4 Å². The van der Waals surface area contributed by atoms with Gasteiger partial charge in [-0.3, -0.25) is 14.6 Å². The molecule has 2 amide bonds. The van der Waals surface area contributed by atoms with E-state index in [0.29, 0.717) is 16.6 Å². The molecule has 0 aliphatic heterocycles. The number of benzene rings is 2. The molecule has 0 saturated carbocycles. The van der Waals surface area contributed by atoms with E-state index in [9.17, 15) is 22.4 Å². The van der Waals surface area contributed by atoms with Crippen LogP contribution < -0.4 is 10.0 Å². The standard InChI is InChI=1S/C24H22FN5O4S/c1-15(27-23(31)19-13-26-12-17-7-3-4-8-18(17)19)14-35(33,34)29-24(32)21-11-16(2)30(28-21)22-10-6-5-9-20(22)25/h3-13,15H,14H2,1-2H3,(H,27,31)(H,29,32)/t15-/m1/s1. The molecule has 0 spiro atoms. The van der Waals surface area contributed by atoms with Gasteiger partial charge >= 0.3 is 0 Å². The maximum absolute atomic E-state index is 14.1. The zero-order valence-corrected chi connectivity index (χ0v) is 19.7. The Morgan fingerprint density at radius 3 is 2.54 bits per heavy atom. The summed E-state index contributed by atoms with van der Waals surface area (Å²) in [5, 5.41) is 8.13. The second-order valence-corrected chi connectivity index (χ2v) is 9.80. The molecule has 2 aromatic carbocycles. The van der Waals surface area contributed by atoms with Crippen molar-refractivity contribution in [2.24, 2.45) is 0 Å². The fourth-order valence-corrected chi connectivity index (χ4v) is 4.87. The monoisotopic (exact) mass is 495 g/mol. The molecule has 180 valence electrons. The summed E-state index contributed by atoms with van der Waals surface area (Å²) in [5.41, 5.74) is 0.700. The van der Waals surface area contributed by atoms with Gasteiger partial charge in [-0.25, -0.2) is 22.2 Å². The van der Waals surface area contributed by atoms with E-state index >= 15 is 0 Å². The Morgan fingerprint density at radius 2 is 1.77 bits per heavy atom. The first-order valence-electron chi connectivity index (χ1n) is 10.6. The van der Waals surface area contributed by atoms with Gasteiger partial charge in [0.2, 0.25) is 10.0 Å². The molecule has 2 aromatic heterocycles. The van der Waals surface area contributed by atoms with Crippen LogP contribution in [0.25, 0.3) is 16.5 Å². The van der Waals surface area contributed by atoms with Crippen LogP contribution in [0.5, 0.6) is 0 Å². The highest BCUT2D eigenvalue weighted by Gasteiger charge is 2.24. The minimum Gasteiger partial charge on any atom is -0.348 e. The lowest BCUT2D eigenvalue weighted by Crippen LogP contribution is -2.42. The minimum atomic E-state index is -4.13. The van der Waals surface area contributed by atoms with Gasteiger partial charge in [-0.05, 0) is 37.4 Å². The molecule has 0 saturated heterocycles. The largest absolute Gasteiger partial charge is 0.348 e. The molecule has 0 aliphatic carbocycles. The lowest BCUT2D eigenvalue weighted by molar-refractivity contribution is 0.0944. The van der Waals surface area contributed by atoms with Crippen LogP contribution in [0.15, 0.2) is 67.0 Å². The van der Waals surface area contributed by atoms with E-state index in [0.717, 1.165) is 5.39 Å². The zero-order valence-electron chi connectivity index (χ0n) is 18.9. The predicted molar refractivity (Wildman–Crippen MR) is 128 cm³/mol. The highest BCUT2D eigenvalue weighted by Crippen LogP contribution is 2.18. The van der Waals surface area contributed by atoms with Crippen LogP contribution in [-0.2, 0) is 10.0 Å². The van der Waals surface area contributed by atoms with Crippen LogP contribution in [0.2, 0.25) is 0 Å². The van der Waals surface area contributed by atoms with Crippen LogP contribution in [0.3, 0.4) is 0 Å². The quantitative estimate of drug-likeness (QED) is 0.406. The van der Waals surface area contributed by atoms with Crippen LogP contribution in [0, 0.1) is 12.7 Å². The summed E-state index contributed by atoms with van der Waals surface area (Å²) in [4.78, 5) is 29.3. The Labute approximate surface area is 201 Å². The van der Waals surface area contributed by atoms with Crippen molar-refractivity contribution in [3.63, 3.8) is 0 Å². The summed E-state index contributed by atoms with van der Waals surface area (Å²) < 4.78 is 42.4. The third kappa shape index (κ3) is 5.35. The highest BCUT2D eigenvalue weighted by atomic mass is 32.2. The number of carbonyl (C=O) groups excluding carboxylic acids is 2. The fraction of sp³-hybridized carbons (Fsp3) is 0.167. The summed E-state index contributed by atoms with van der Waals surface area (Å²) in [6, 6.07) is 13.6. The van der Waals surface area contributed by atoms with Crippen molar-refractivity contribution in [2.75, 3.05) is 5.75 Å². The van der Waals surface area contributed by atoms with Crippen LogP contribution >= 0.6 is 0 Å². The van der Waals surface area contributed by atoms with Crippen LogP contribution in [0.1, 0.15) is 33.5 Å². The minimum absolute atomic E-state index is 0.131. The first-order chi connectivity index (χ1) is 16.6. The molecule has 9 nitrogen and oxygen atoms in total. The molecule has 0 fully saturated rings. The summed E-state index contributed by atoms with van der Waals surface area (Å²) in [6.07, 6.45) is 3.04. The summed E-state index contributed by atoms with van der Waals surface area (Å²) >= 11 is 0. The van der Waals surface area contributed by atoms with Crippen molar-refractivity contribution in [3.05, 3.63) is 89.8 Å². The average molecular weight is 496 g/mol. The maximum atomic E-state index is 14.1. The third-order valence-corrected chi connectivity index (χ3v) is 6.64. The number of amides is 2. The molecule has 0 bridgehead atoms. The van der Waals surface area contributed by atoms with Gasteiger partial charge in [0, 0.05) is 29.5 Å². The van der Waals surface area contributed by atoms with Crippen molar-refractivity contribution < 1.29 is 22.4 Å². The number of sulfonamides is 1. The molecule has 4 rings (SSSR count). The van der Waals surface area contributed by atoms with Gasteiger partial charge in [0.05, 0.1) is 11.3 Å². The van der Waals surface area contributed by atoms with E-state index in [2.05, 4.69) is 15.4 Å². The molecular formula is C24H22FN5O4S. The Bertz CT molecular complexity index is 1530. The number of pyridine rings is 1. The van der Waals surface area contributed by atoms with Crippen molar-refractivity contribution in [1.82, 2.24) is 24.8 Å². The number of fused-ring (bicyclic) bond motifs is 1. The first kappa shape index (κ1) is 24.0. The average Bonchev–Trinajstić information content (AvgIpc) is 3.19. The molecule has 11 heteroatoms. The van der Waals surface area contributed by atoms with Crippen LogP contribution in [0.4, 0.5) is 4.39 Å². The molecule has 2 heterocycles. The SMILES string of the molecule is Cc1cc(C(=O)NS(=O)(=O)C[C@@H](C)NC(=O)c2cncc3ccccc23)nn1-c1ccccc1F. The second-order valence-electron chi connectivity index (χ2n) is 8.03. The van der Waals surface area contributed by atoms with Gasteiger partial charge < -0.3 is 5.32 Å². The number of nitrogens with one attached hydrogen (secondary N) is 2. The molecule has 4 aromatic rings. The lowest BCUT2D eigenvalue weighted by atomic mass is 10.1. The Hall–Kier alpha value is -4.12. The normalized spacial score (nSPS) is 12.3. The number of aromatic nitrogens is 3. The van der Waals surface area contributed by atoms with Gasteiger partial charge in [-0.15, -0.1) is 0 Å². The number of nitrogens with zero attached hydrogens (tertiary/aromatic N) is 3. The fourth-order valence-electron chi connectivity index (χ4n) is 3.66. The van der Waals surface area contributed by atoms with Crippen molar-refractivity contribution in [3.8, 4) is 5.69 Å². The molecule has 0 aliphatic rings. The van der Waals surface area contributed by atoms with Crippen molar-refractivity contribution in [1.29, 1.82) is 0 Å². The van der Waals surface area contributed by atoms with E-state index in [1.54, 1.807) is 31.3 Å².